The summed E-state index contributed by atoms with van der Waals surface area (Å²) in [6, 6.07) is 0. The van der Waals surface area contributed by atoms with Gasteiger partial charge in [0.15, 0.2) is 0 Å². The monoisotopic (exact) mass is 321 g/mol. The van der Waals surface area contributed by atoms with Gasteiger partial charge >= 0.3 is 18.9 Å². The molecule has 0 aliphatic carbocycles. The number of quaternary nitrogens is 1. The van der Waals surface area contributed by atoms with Gasteiger partial charge < -0.3 is 22.9 Å². The topological polar surface area (TPSA) is 0 Å². The first kappa shape index (κ1) is 30.6. The van der Waals surface area contributed by atoms with Crippen LogP contribution in [0.4, 0.5) is 0 Å². The third kappa shape index (κ3) is 160. The minimum atomic E-state index is 0. The predicted molar refractivity (Wildman–Crippen MR) is 45.7 cm³/mol. The van der Waals surface area contributed by atoms with Crippen molar-refractivity contribution in [1.29, 1.82) is 0 Å². The molecule has 0 spiro atoms. The molecule has 0 atom stereocenters. The summed E-state index contributed by atoms with van der Waals surface area (Å²) in [5, 5.41) is 0. The molecular formula is C4H15Br3LiN. The molecule has 0 aromatic heterocycles. The van der Waals surface area contributed by atoms with Gasteiger partial charge in [0.25, 0.3) is 0 Å². The SMILES string of the molecule is Br.Br.C[N+](C)(C)C.[Br-].[H-].[Li+]. The van der Waals surface area contributed by atoms with E-state index < -0.39 is 0 Å². The van der Waals surface area contributed by atoms with E-state index in [1.54, 1.807) is 0 Å². The van der Waals surface area contributed by atoms with Crippen molar-refractivity contribution in [2.24, 2.45) is 0 Å². The molecule has 0 aliphatic heterocycles. The molecule has 9 heavy (non-hydrogen) atoms. The molecule has 0 saturated heterocycles. The van der Waals surface area contributed by atoms with Crippen LogP contribution in [-0.2, 0) is 0 Å². The van der Waals surface area contributed by atoms with Gasteiger partial charge in [-0.2, -0.15) is 0 Å². The van der Waals surface area contributed by atoms with Crippen LogP contribution in [0.2, 0.25) is 0 Å². The molecule has 58 valence electrons. The second kappa shape index (κ2) is 12.7. The summed E-state index contributed by atoms with van der Waals surface area (Å²) >= 11 is 0. The van der Waals surface area contributed by atoms with Crippen LogP contribution in [0.5, 0.6) is 0 Å². The van der Waals surface area contributed by atoms with Crippen molar-refractivity contribution < 1.29 is 41.8 Å². The second-order valence-corrected chi connectivity index (χ2v) is 2.68. The number of halogens is 3. The van der Waals surface area contributed by atoms with Crippen molar-refractivity contribution in [3.05, 3.63) is 0 Å². The summed E-state index contributed by atoms with van der Waals surface area (Å²) in [6.45, 7) is 0. The van der Waals surface area contributed by atoms with Crippen molar-refractivity contribution >= 4 is 34.0 Å². The fraction of sp³-hybridized carbons (Fsp3) is 1.00. The molecule has 0 aromatic rings. The maximum Gasteiger partial charge on any atom is 1.00 e. The van der Waals surface area contributed by atoms with Crippen LogP contribution >= 0.6 is 34.0 Å². The molecule has 0 radical (unpaired) electrons. The van der Waals surface area contributed by atoms with Crippen LogP contribution in [0.3, 0.4) is 0 Å². The van der Waals surface area contributed by atoms with Crippen LogP contribution in [-0.4, -0.2) is 32.7 Å². The fourth-order valence-corrected chi connectivity index (χ4v) is 0. The smallest absolute Gasteiger partial charge is 1.00 e. The number of hydrogen-bond donors (Lipinski definition) is 0. The van der Waals surface area contributed by atoms with E-state index in [9.17, 15) is 0 Å². The Kier molecular flexibility index (Phi) is 43.0. The van der Waals surface area contributed by atoms with Gasteiger partial charge in [0.05, 0.1) is 28.2 Å². The van der Waals surface area contributed by atoms with Crippen molar-refractivity contribution in [3.63, 3.8) is 0 Å². The van der Waals surface area contributed by atoms with Crippen LogP contribution in [0, 0.1) is 0 Å². The van der Waals surface area contributed by atoms with Crippen LogP contribution in [0.15, 0.2) is 0 Å². The first-order valence-electron chi connectivity index (χ1n) is 1.79. The molecule has 0 fully saturated rings. The zero-order valence-corrected chi connectivity index (χ0v) is 11.7. The first-order chi connectivity index (χ1) is 2.00. The fourth-order valence-electron chi connectivity index (χ4n) is 0. The van der Waals surface area contributed by atoms with E-state index in [4.69, 9.17) is 0 Å². The third-order valence-electron chi connectivity index (χ3n) is 0. The summed E-state index contributed by atoms with van der Waals surface area (Å²) < 4.78 is 1.00. The van der Waals surface area contributed by atoms with Crippen molar-refractivity contribution in [1.82, 2.24) is 0 Å². The minimum absolute atomic E-state index is 0. The van der Waals surface area contributed by atoms with Gasteiger partial charge in [0, 0.05) is 0 Å². The van der Waals surface area contributed by atoms with Gasteiger partial charge in [-0.1, -0.05) is 0 Å². The van der Waals surface area contributed by atoms with E-state index in [1.165, 1.54) is 0 Å². The number of hydrogen-bond acceptors (Lipinski definition) is 0. The van der Waals surface area contributed by atoms with E-state index in [2.05, 4.69) is 28.2 Å². The van der Waals surface area contributed by atoms with Crippen molar-refractivity contribution in [3.8, 4) is 0 Å². The van der Waals surface area contributed by atoms with Crippen molar-refractivity contribution in [2.45, 2.75) is 0 Å². The molecule has 0 aromatic carbocycles. The van der Waals surface area contributed by atoms with Gasteiger partial charge in [-0.25, -0.2) is 0 Å². The van der Waals surface area contributed by atoms with Gasteiger partial charge in [0.1, 0.15) is 0 Å². The Morgan fingerprint density at radius 2 is 0.889 bits per heavy atom. The molecule has 5 heteroatoms. The largest absolute Gasteiger partial charge is 1.00 e. The summed E-state index contributed by atoms with van der Waals surface area (Å²) in [5.41, 5.74) is 0. The standard InChI is InChI=1S/C4H12N.3BrH.Li.H/c1-5(2,3)4;;;;;/h1-4H3;3*1H;;/q+1;;;;+1;-1/p-1. The number of rotatable bonds is 0. The average Bonchev–Trinajstić information content (AvgIpc) is 0.722. The van der Waals surface area contributed by atoms with Crippen LogP contribution in [0.1, 0.15) is 1.43 Å². The Morgan fingerprint density at radius 1 is 0.889 bits per heavy atom. The third-order valence-corrected chi connectivity index (χ3v) is 0. The van der Waals surface area contributed by atoms with Gasteiger partial charge in [-0.05, 0) is 0 Å². The Labute approximate surface area is 103 Å². The summed E-state index contributed by atoms with van der Waals surface area (Å²) in [4.78, 5) is 0. The van der Waals surface area contributed by atoms with Gasteiger partial charge in [-0.15, -0.1) is 34.0 Å². The van der Waals surface area contributed by atoms with Crippen LogP contribution < -0.4 is 35.8 Å². The maximum atomic E-state index is 2.12. The van der Waals surface area contributed by atoms with E-state index in [0.29, 0.717) is 0 Å². The number of nitrogens with zero attached hydrogens (tertiary/aromatic N) is 1. The van der Waals surface area contributed by atoms with Crippen molar-refractivity contribution in [2.75, 3.05) is 28.2 Å². The summed E-state index contributed by atoms with van der Waals surface area (Å²) in [6.07, 6.45) is 0. The Hall–Kier alpha value is 2.00. The quantitative estimate of drug-likeness (QED) is 0.312. The van der Waals surface area contributed by atoms with Crippen LogP contribution in [0.25, 0.3) is 0 Å². The van der Waals surface area contributed by atoms with E-state index >= 15 is 0 Å². The molecule has 1 nitrogen and oxygen atoms in total. The molecule has 0 N–H and O–H groups in total. The Morgan fingerprint density at radius 3 is 0.889 bits per heavy atom. The molecule has 0 saturated carbocycles. The van der Waals surface area contributed by atoms with E-state index in [0.717, 1.165) is 4.48 Å². The summed E-state index contributed by atoms with van der Waals surface area (Å²) in [7, 11) is 8.50. The van der Waals surface area contributed by atoms with Gasteiger partial charge in [0.2, 0.25) is 0 Å². The zero-order valence-electron chi connectivity index (χ0n) is 7.64. The first-order valence-corrected chi connectivity index (χ1v) is 1.79. The molecule has 0 amide bonds. The molecule has 0 rings (SSSR count). The second-order valence-electron chi connectivity index (χ2n) is 2.68. The molecule has 0 bridgehead atoms. The maximum absolute atomic E-state index is 2.12. The molecule has 0 heterocycles. The molecule has 0 unspecified atom stereocenters. The predicted octanol–water partition coefficient (Wildman–Crippen LogP) is -4.40. The van der Waals surface area contributed by atoms with Gasteiger partial charge in [-0.3, -0.25) is 0 Å². The van der Waals surface area contributed by atoms with E-state index in [1.807, 2.05) is 0 Å². The summed E-state index contributed by atoms with van der Waals surface area (Å²) in [5.74, 6) is 0. The zero-order chi connectivity index (χ0) is 4.50. The Bertz CT molecular complexity index is 36.0. The minimum Gasteiger partial charge on any atom is -1.00 e. The van der Waals surface area contributed by atoms with E-state index in [-0.39, 0.29) is 71.2 Å². The Balaban J connectivity index is -0.00000000800. The molecular weight excluding hydrogens is 309 g/mol. The molecule has 0 aliphatic rings. The average molecular weight is 324 g/mol. The normalized spacial score (nSPS) is 6.67.